The lowest BCUT2D eigenvalue weighted by molar-refractivity contribution is -0.116. The quantitative estimate of drug-likeness (QED) is 0.698. The van der Waals surface area contributed by atoms with Crippen LogP contribution in [-0.2, 0) is 4.79 Å². The van der Waals surface area contributed by atoms with E-state index >= 15 is 0 Å². The highest BCUT2D eigenvalue weighted by Crippen LogP contribution is 2.20. The van der Waals surface area contributed by atoms with E-state index < -0.39 is 6.03 Å². The van der Waals surface area contributed by atoms with Gasteiger partial charge in [-0.1, -0.05) is 24.3 Å². The predicted octanol–water partition coefficient (Wildman–Crippen LogP) is 3.46. The summed E-state index contributed by atoms with van der Waals surface area (Å²) in [5, 5.41) is 8.36. The maximum Gasteiger partial charge on any atom is 0.322 e. The van der Waals surface area contributed by atoms with Gasteiger partial charge in [0.1, 0.15) is 6.54 Å². The van der Waals surface area contributed by atoms with Crippen LogP contribution in [0, 0.1) is 20.8 Å². The number of para-hydroxylation sites is 1. The first-order valence-electron chi connectivity index (χ1n) is 9.50. The Labute approximate surface area is 171 Å². The molecule has 7 nitrogen and oxygen atoms in total. The molecule has 3 N–H and O–H groups in total. The number of likely N-dealkylation sites (N-methyl/N-ethyl adjacent to an activating group) is 1. The number of nitrogens with zero attached hydrogens (tertiary/aromatic N) is 1. The molecular weight excluding hydrogens is 368 g/mol. The number of carbonyl (C=O) groups is 3. The Balaban J connectivity index is 2.02. The average Bonchev–Trinajstić information content (AvgIpc) is 2.66. The lowest BCUT2D eigenvalue weighted by Crippen LogP contribution is -2.38. The van der Waals surface area contributed by atoms with E-state index in [9.17, 15) is 14.4 Å². The number of carbonyl (C=O) groups excluding carboxylic acids is 3. The van der Waals surface area contributed by atoms with Crippen molar-refractivity contribution >= 4 is 29.2 Å². The highest BCUT2D eigenvalue weighted by atomic mass is 16.2. The summed E-state index contributed by atoms with van der Waals surface area (Å²) < 4.78 is 0. The number of urea groups is 1. The molecule has 0 aliphatic heterocycles. The molecule has 154 valence electrons. The Hall–Kier alpha value is -3.35. The van der Waals surface area contributed by atoms with Gasteiger partial charge in [0.2, 0.25) is 5.91 Å². The molecule has 0 saturated carbocycles. The van der Waals surface area contributed by atoms with E-state index in [2.05, 4.69) is 16.0 Å². The molecule has 4 amide bonds. The summed E-state index contributed by atoms with van der Waals surface area (Å²) in [6.45, 7) is 7.94. The molecule has 0 aliphatic rings. The van der Waals surface area contributed by atoms with Gasteiger partial charge >= 0.3 is 6.03 Å². The number of anilines is 2. The minimum Gasteiger partial charge on any atom is -0.352 e. The number of benzene rings is 2. The minimum absolute atomic E-state index is 0.103. The Morgan fingerprint density at radius 3 is 2.21 bits per heavy atom. The molecule has 0 atom stereocenters. The van der Waals surface area contributed by atoms with Crippen LogP contribution >= 0.6 is 0 Å². The molecule has 2 aromatic carbocycles. The first-order valence-corrected chi connectivity index (χ1v) is 9.50. The van der Waals surface area contributed by atoms with E-state index in [-0.39, 0.29) is 18.4 Å². The Morgan fingerprint density at radius 1 is 0.931 bits per heavy atom. The van der Waals surface area contributed by atoms with Crippen LogP contribution in [0.25, 0.3) is 0 Å². The highest BCUT2D eigenvalue weighted by molar-refractivity contribution is 5.99. The number of rotatable bonds is 6. The summed E-state index contributed by atoms with van der Waals surface area (Å²) in [5.41, 5.74) is 4.49. The van der Waals surface area contributed by atoms with Gasteiger partial charge in [-0.3, -0.25) is 9.59 Å². The Kier molecular flexibility index (Phi) is 7.36. The zero-order valence-corrected chi connectivity index (χ0v) is 17.6. The monoisotopic (exact) mass is 396 g/mol. The van der Waals surface area contributed by atoms with Gasteiger partial charge in [-0.25, -0.2) is 4.79 Å². The summed E-state index contributed by atoms with van der Waals surface area (Å²) in [6, 6.07) is 10.4. The molecule has 0 heterocycles. The summed E-state index contributed by atoms with van der Waals surface area (Å²) >= 11 is 0. The lowest BCUT2D eigenvalue weighted by Gasteiger charge is -2.19. The van der Waals surface area contributed by atoms with E-state index in [1.807, 2.05) is 45.9 Å². The number of amides is 4. The summed E-state index contributed by atoms with van der Waals surface area (Å²) in [5.74, 6) is -0.489. The van der Waals surface area contributed by atoms with Crippen molar-refractivity contribution in [3.05, 3.63) is 58.7 Å². The topological polar surface area (TPSA) is 90.5 Å². The van der Waals surface area contributed by atoms with Gasteiger partial charge in [0.25, 0.3) is 5.91 Å². The van der Waals surface area contributed by atoms with Gasteiger partial charge in [-0.15, -0.1) is 0 Å². The number of nitrogens with one attached hydrogen (secondary N) is 3. The second-order valence-corrected chi connectivity index (χ2v) is 6.99. The van der Waals surface area contributed by atoms with Gasteiger partial charge in [0, 0.05) is 30.5 Å². The van der Waals surface area contributed by atoms with Crippen molar-refractivity contribution in [3.8, 4) is 0 Å². The van der Waals surface area contributed by atoms with Gasteiger partial charge < -0.3 is 20.9 Å². The molecule has 29 heavy (non-hydrogen) atoms. The van der Waals surface area contributed by atoms with Crippen LogP contribution in [0.15, 0.2) is 36.4 Å². The smallest absolute Gasteiger partial charge is 0.322 e. The molecule has 0 fully saturated rings. The third-order valence-electron chi connectivity index (χ3n) is 4.55. The molecule has 0 bridgehead atoms. The van der Waals surface area contributed by atoms with Gasteiger partial charge in [0.05, 0.1) is 0 Å². The molecule has 7 heteroatoms. The second-order valence-electron chi connectivity index (χ2n) is 6.99. The van der Waals surface area contributed by atoms with Gasteiger partial charge in [-0.2, -0.15) is 0 Å². The fraction of sp³-hybridized carbons (Fsp3) is 0.318. The molecule has 0 spiro atoms. The minimum atomic E-state index is -0.433. The third-order valence-corrected chi connectivity index (χ3v) is 4.55. The fourth-order valence-corrected chi connectivity index (χ4v) is 2.85. The second kappa shape index (κ2) is 9.73. The highest BCUT2D eigenvalue weighted by Gasteiger charge is 2.16. The van der Waals surface area contributed by atoms with Crippen LogP contribution < -0.4 is 16.0 Å². The zero-order valence-electron chi connectivity index (χ0n) is 17.6. The Morgan fingerprint density at radius 2 is 1.59 bits per heavy atom. The lowest BCUT2D eigenvalue weighted by atomic mass is 10.1. The molecular formula is C22H28N4O3. The van der Waals surface area contributed by atoms with Crippen molar-refractivity contribution in [2.45, 2.75) is 27.7 Å². The predicted molar refractivity (Wildman–Crippen MR) is 115 cm³/mol. The fourth-order valence-electron chi connectivity index (χ4n) is 2.85. The first-order chi connectivity index (χ1) is 13.7. The average molecular weight is 396 g/mol. The molecule has 0 unspecified atom stereocenters. The van der Waals surface area contributed by atoms with Crippen molar-refractivity contribution in [2.24, 2.45) is 0 Å². The van der Waals surface area contributed by atoms with Crippen molar-refractivity contribution < 1.29 is 14.4 Å². The number of hydrogen-bond acceptors (Lipinski definition) is 3. The summed E-state index contributed by atoms with van der Waals surface area (Å²) in [4.78, 5) is 38.2. The maximum absolute atomic E-state index is 12.5. The summed E-state index contributed by atoms with van der Waals surface area (Å²) in [6.07, 6.45) is 0. The van der Waals surface area contributed by atoms with E-state index in [1.165, 1.54) is 4.90 Å². The summed E-state index contributed by atoms with van der Waals surface area (Å²) in [7, 11) is 1.54. The maximum atomic E-state index is 12.5. The zero-order chi connectivity index (χ0) is 21.6. The number of aryl methyl sites for hydroxylation is 3. The third kappa shape index (κ3) is 5.81. The number of hydrogen-bond donors (Lipinski definition) is 3. The van der Waals surface area contributed by atoms with Gasteiger partial charge in [-0.05, 0) is 56.5 Å². The van der Waals surface area contributed by atoms with E-state index in [0.717, 1.165) is 22.4 Å². The first kappa shape index (κ1) is 21.9. The van der Waals surface area contributed by atoms with Crippen LogP contribution in [0.1, 0.15) is 34.0 Å². The Bertz CT molecular complexity index is 904. The van der Waals surface area contributed by atoms with Crippen LogP contribution in [0.3, 0.4) is 0 Å². The molecule has 2 aromatic rings. The standard InChI is InChI=1S/C22H28N4O3/c1-6-23-21(28)17-11-10-14(2)18(12-17)24-22(29)26(5)13-19(27)25-20-15(3)8-7-9-16(20)4/h7-12H,6,13H2,1-5H3,(H,23,28)(H,24,29)(H,25,27). The van der Waals surface area contributed by atoms with Crippen LogP contribution in [0.2, 0.25) is 0 Å². The van der Waals surface area contributed by atoms with Crippen molar-refractivity contribution in [1.29, 1.82) is 0 Å². The SMILES string of the molecule is CCNC(=O)c1ccc(C)c(NC(=O)N(C)CC(=O)Nc2c(C)cccc2C)c1. The van der Waals surface area contributed by atoms with E-state index in [4.69, 9.17) is 0 Å². The molecule has 0 radical (unpaired) electrons. The van der Waals surface area contributed by atoms with E-state index in [1.54, 1.807) is 25.2 Å². The van der Waals surface area contributed by atoms with E-state index in [0.29, 0.717) is 17.8 Å². The molecule has 0 aromatic heterocycles. The molecule has 0 saturated heterocycles. The molecule has 0 aliphatic carbocycles. The van der Waals surface area contributed by atoms with Crippen LogP contribution in [0.5, 0.6) is 0 Å². The van der Waals surface area contributed by atoms with Gasteiger partial charge in [0.15, 0.2) is 0 Å². The normalized spacial score (nSPS) is 10.2. The van der Waals surface area contributed by atoms with Crippen molar-refractivity contribution in [2.75, 3.05) is 30.8 Å². The molecule has 2 rings (SSSR count). The van der Waals surface area contributed by atoms with Crippen LogP contribution in [0.4, 0.5) is 16.2 Å². The van der Waals surface area contributed by atoms with Crippen molar-refractivity contribution in [1.82, 2.24) is 10.2 Å². The van der Waals surface area contributed by atoms with Crippen molar-refractivity contribution in [3.63, 3.8) is 0 Å². The largest absolute Gasteiger partial charge is 0.352 e. The van der Waals surface area contributed by atoms with Crippen LogP contribution in [-0.4, -0.2) is 42.9 Å².